The van der Waals surface area contributed by atoms with Crippen molar-refractivity contribution in [3.63, 3.8) is 0 Å². The van der Waals surface area contributed by atoms with E-state index in [0.29, 0.717) is 27.5 Å². The van der Waals surface area contributed by atoms with Gasteiger partial charge in [0.25, 0.3) is 0 Å². The molecule has 6 heteroatoms. The molecule has 4 nitrogen and oxygen atoms in total. The number of fused-ring (bicyclic) bond motifs is 1. The standard InChI is InChI=1S/C15H14Cl2N2O2/c1-20-12-7-8(6-10(16)13(12)21-2)15-18-11-5-3-4-9(11)14(17)19-15/h6-7H,3-5H2,1-2H3. The van der Waals surface area contributed by atoms with E-state index in [1.807, 2.05) is 0 Å². The van der Waals surface area contributed by atoms with Gasteiger partial charge in [0, 0.05) is 16.8 Å². The second kappa shape index (κ2) is 5.70. The van der Waals surface area contributed by atoms with Crippen molar-refractivity contribution in [2.75, 3.05) is 14.2 Å². The fourth-order valence-corrected chi connectivity index (χ4v) is 3.13. The summed E-state index contributed by atoms with van der Waals surface area (Å²) in [5.41, 5.74) is 2.84. The number of rotatable bonds is 3. The van der Waals surface area contributed by atoms with Crippen molar-refractivity contribution in [1.82, 2.24) is 9.97 Å². The van der Waals surface area contributed by atoms with Crippen LogP contribution in [0.5, 0.6) is 11.5 Å². The Bertz CT molecular complexity index is 705. The number of aryl methyl sites for hydroxylation is 1. The molecule has 0 saturated carbocycles. The van der Waals surface area contributed by atoms with Crippen LogP contribution in [-0.2, 0) is 12.8 Å². The van der Waals surface area contributed by atoms with Crippen molar-refractivity contribution in [2.24, 2.45) is 0 Å². The lowest BCUT2D eigenvalue weighted by molar-refractivity contribution is 0.355. The third kappa shape index (κ3) is 2.54. The van der Waals surface area contributed by atoms with Gasteiger partial charge in [-0.05, 0) is 31.4 Å². The summed E-state index contributed by atoms with van der Waals surface area (Å²) in [5.74, 6) is 1.60. The first-order valence-corrected chi connectivity index (χ1v) is 7.36. The molecule has 0 atom stereocenters. The van der Waals surface area contributed by atoms with Crippen molar-refractivity contribution in [2.45, 2.75) is 19.3 Å². The van der Waals surface area contributed by atoms with E-state index in [1.54, 1.807) is 26.4 Å². The van der Waals surface area contributed by atoms with Crippen LogP contribution >= 0.6 is 23.2 Å². The Balaban J connectivity index is 2.13. The van der Waals surface area contributed by atoms with Crippen molar-refractivity contribution in [1.29, 1.82) is 0 Å². The van der Waals surface area contributed by atoms with E-state index in [-0.39, 0.29) is 0 Å². The monoisotopic (exact) mass is 324 g/mol. The van der Waals surface area contributed by atoms with Gasteiger partial charge in [0.1, 0.15) is 5.15 Å². The maximum absolute atomic E-state index is 6.26. The fraction of sp³-hybridized carbons (Fsp3) is 0.333. The van der Waals surface area contributed by atoms with Crippen LogP contribution in [-0.4, -0.2) is 24.2 Å². The molecule has 0 fully saturated rings. The molecule has 1 aromatic carbocycles. The second-order valence-electron chi connectivity index (χ2n) is 4.81. The van der Waals surface area contributed by atoms with Crippen LogP contribution in [0.15, 0.2) is 12.1 Å². The van der Waals surface area contributed by atoms with E-state index >= 15 is 0 Å². The van der Waals surface area contributed by atoms with E-state index < -0.39 is 0 Å². The minimum atomic E-state index is 0.451. The minimum Gasteiger partial charge on any atom is -0.493 e. The quantitative estimate of drug-likeness (QED) is 0.802. The molecule has 0 unspecified atom stereocenters. The SMILES string of the molecule is COc1cc(-c2nc(Cl)c3c(n2)CCC3)cc(Cl)c1OC. The minimum absolute atomic E-state index is 0.451. The Hall–Kier alpha value is -1.52. The predicted molar refractivity (Wildman–Crippen MR) is 82.6 cm³/mol. The molecule has 0 amide bonds. The Kier molecular flexibility index (Phi) is 3.91. The maximum Gasteiger partial charge on any atom is 0.179 e. The zero-order valence-corrected chi connectivity index (χ0v) is 13.3. The van der Waals surface area contributed by atoms with Gasteiger partial charge in [0.2, 0.25) is 0 Å². The average molecular weight is 325 g/mol. The van der Waals surface area contributed by atoms with E-state index in [9.17, 15) is 0 Å². The van der Waals surface area contributed by atoms with Gasteiger partial charge in [-0.15, -0.1) is 0 Å². The molecular weight excluding hydrogens is 311 g/mol. The Morgan fingerprint density at radius 2 is 1.86 bits per heavy atom. The summed E-state index contributed by atoms with van der Waals surface area (Å²) in [6, 6.07) is 3.56. The highest BCUT2D eigenvalue weighted by Crippen LogP contribution is 2.39. The smallest absolute Gasteiger partial charge is 0.179 e. The van der Waals surface area contributed by atoms with Gasteiger partial charge in [-0.3, -0.25) is 0 Å². The van der Waals surface area contributed by atoms with E-state index in [0.717, 1.165) is 36.1 Å². The lowest BCUT2D eigenvalue weighted by Gasteiger charge is -2.12. The molecule has 110 valence electrons. The topological polar surface area (TPSA) is 44.2 Å². The van der Waals surface area contributed by atoms with Crippen LogP contribution < -0.4 is 9.47 Å². The molecule has 0 spiro atoms. The van der Waals surface area contributed by atoms with E-state index in [2.05, 4.69) is 9.97 Å². The molecule has 0 saturated heterocycles. The lowest BCUT2D eigenvalue weighted by atomic mass is 10.1. The van der Waals surface area contributed by atoms with Crippen LogP contribution in [0.2, 0.25) is 10.2 Å². The number of hydrogen-bond acceptors (Lipinski definition) is 4. The molecule has 0 radical (unpaired) electrons. The molecule has 0 N–H and O–H groups in total. The number of nitrogens with zero attached hydrogens (tertiary/aromatic N) is 2. The van der Waals surface area contributed by atoms with Gasteiger partial charge < -0.3 is 9.47 Å². The third-order valence-electron chi connectivity index (χ3n) is 3.57. The molecule has 1 aliphatic rings. The number of ether oxygens (including phenoxy) is 2. The molecule has 1 aliphatic carbocycles. The molecule has 0 aliphatic heterocycles. The molecule has 0 bridgehead atoms. The highest BCUT2D eigenvalue weighted by atomic mass is 35.5. The first kappa shape index (κ1) is 14.4. The molecule has 1 aromatic heterocycles. The van der Waals surface area contributed by atoms with Gasteiger partial charge in [-0.2, -0.15) is 0 Å². The van der Waals surface area contributed by atoms with Crippen LogP contribution in [0.1, 0.15) is 17.7 Å². The van der Waals surface area contributed by atoms with Crippen molar-refractivity contribution in [3.05, 3.63) is 33.6 Å². The zero-order valence-electron chi connectivity index (χ0n) is 11.7. The van der Waals surface area contributed by atoms with Crippen molar-refractivity contribution < 1.29 is 9.47 Å². The fourth-order valence-electron chi connectivity index (χ4n) is 2.56. The molecule has 3 rings (SSSR count). The second-order valence-corrected chi connectivity index (χ2v) is 5.58. The van der Waals surface area contributed by atoms with Crippen LogP contribution in [0, 0.1) is 0 Å². The van der Waals surface area contributed by atoms with Gasteiger partial charge in [-0.25, -0.2) is 9.97 Å². The van der Waals surface area contributed by atoms with Crippen LogP contribution in [0.4, 0.5) is 0 Å². The molecular formula is C15H14Cl2N2O2. The largest absolute Gasteiger partial charge is 0.493 e. The Morgan fingerprint density at radius 1 is 1.05 bits per heavy atom. The van der Waals surface area contributed by atoms with Gasteiger partial charge in [0.05, 0.1) is 19.2 Å². The van der Waals surface area contributed by atoms with E-state index in [1.165, 1.54) is 0 Å². The van der Waals surface area contributed by atoms with Gasteiger partial charge in [0.15, 0.2) is 17.3 Å². The van der Waals surface area contributed by atoms with Crippen molar-refractivity contribution >= 4 is 23.2 Å². The first-order chi connectivity index (χ1) is 10.1. The lowest BCUT2D eigenvalue weighted by Crippen LogP contribution is -1.99. The molecule has 21 heavy (non-hydrogen) atoms. The first-order valence-electron chi connectivity index (χ1n) is 6.61. The maximum atomic E-state index is 6.26. The Morgan fingerprint density at radius 3 is 2.57 bits per heavy atom. The third-order valence-corrected chi connectivity index (χ3v) is 4.17. The highest BCUT2D eigenvalue weighted by molar-refractivity contribution is 6.32. The summed E-state index contributed by atoms with van der Waals surface area (Å²) in [6.45, 7) is 0. The Labute approximate surface area is 133 Å². The molecule has 1 heterocycles. The van der Waals surface area contributed by atoms with Gasteiger partial charge >= 0.3 is 0 Å². The number of benzene rings is 1. The number of methoxy groups -OCH3 is 2. The predicted octanol–water partition coefficient (Wildman–Crippen LogP) is 3.96. The summed E-state index contributed by atoms with van der Waals surface area (Å²) in [7, 11) is 3.11. The number of aromatic nitrogens is 2. The van der Waals surface area contributed by atoms with Gasteiger partial charge in [-0.1, -0.05) is 23.2 Å². The van der Waals surface area contributed by atoms with Crippen molar-refractivity contribution in [3.8, 4) is 22.9 Å². The molecule has 2 aromatic rings. The summed E-state index contributed by atoms with van der Waals surface area (Å²) in [4.78, 5) is 8.99. The van der Waals surface area contributed by atoms with Crippen LogP contribution in [0.25, 0.3) is 11.4 Å². The summed E-state index contributed by atoms with van der Waals surface area (Å²) < 4.78 is 10.5. The van der Waals surface area contributed by atoms with E-state index in [4.69, 9.17) is 32.7 Å². The highest BCUT2D eigenvalue weighted by Gasteiger charge is 2.20. The summed E-state index contributed by atoms with van der Waals surface area (Å²) >= 11 is 12.5. The number of halogens is 2. The zero-order chi connectivity index (χ0) is 15.0. The average Bonchev–Trinajstić information content (AvgIpc) is 2.95. The normalized spacial score (nSPS) is 13.1. The number of hydrogen-bond donors (Lipinski definition) is 0. The summed E-state index contributed by atoms with van der Waals surface area (Å²) in [5, 5.41) is 0.977. The summed E-state index contributed by atoms with van der Waals surface area (Å²) in [6.07, 6.45) is 2.95. The van der Waals surface area contributed by atoms with Crippen LogP contribution in [0.3, 0.4) is 0 Å².